The molecule has 2 N–H and O–H groups in total. The van der Waals surface area contributed by atoms with Gasteiger partial charge in [-0.15, -0.1) is 0 Å². The van der Waals surface area contributed by atoms with E-state index in [9.17, 15) is 14.7 Å². The molecule has 108 valence electrons. The van der Waals surface area contributed by atoms with Gasteiger partial charge in [-0.1, -0.05) is 6.92 Å². The molecular weight excluding hydrogens is 248 g/mol. The molecule has 0 aliphatic carbocycles. The summed E-state index contributed by atoms with van der Waals surface area (Å²) in [6, 6.07) is -0.992. The molecule has 19 heavy (non-hydrogen) atoms. The maximum atomic E-state index is 12.2. The van der Waals surface area contributed by atoms with Gasteiger partial charge in [0.05, 0.1) is 0 Å². The summed E-state index contributed by atoms with van der Waals surface area (Å²) in [5.74, 6) is -0.908. The Balaban J connectivity index is 1.90. The quantitative estimate of drug-likeness (QED) is 0.717. The molecular formula is C12H22N4O3. The Labute approximate surface area is 113 Å². The fourth-order valence-corrected chi connectivity index (χ4v) is 2.67. The molecule has 0 aromatic rings. The fraction of sp³-hybridized carbons (Fsp3) is 0.833. The molecule has 7 heteroatoms. The van der Waals surface area contributed by atoms with Crippen LogP contribution in [0.15, 0.2) is 0 Å². The van der Waals surface area contributed by atoms with E-state index >= 15 is 0 Å². The molecule has 0 aromatic carbocycles. The molecule has 2 fully saturated rings. The van der Waals surface area contributed by atoms with Crippen LogP contribution in [0.5, 0.6) is 0 Å². The van der Waals surface area contributed by atoms with Crippen molar-refractivity contribution in [2.75, 3.05) is 39.8 Å². The number of hydrogen-bond donors (Lipinski definition) is 2. The lowest BCUT2D eigenvalue weighted by molar-refractivity contribution is -0.142. The van der Waals surface area contributed by atoms with Gasteiger partial charge in [-0.25, -0.2) is 14.6 Å². The predicted molar refractivity (Wildman–Crippen MR) is 69.5 cm³/mol. The van der Waals surface area contributed by atoms with Crippen LogP contribution in [0.4, 0.5) is 4.79 Å². The molecule has 7 nitrogen and oxygen atoms in total. The van der Waals surface area contributed by atoms with E-state index in [4.69, 9.17) is 0 Å². The van der Waals surface area contributed by atoms with Gasteiger partial charge in [0.1, 0.15) is 6.04 Å². The lowest BCUT2D eigenvalue weighted by atomic mass is 10.0. The summed E-state index contributed by atoms with van der Waals surface area (Å²) in [7, 11) is 2.04. The first-order valence-electron chi connectivity index (χ1n) is 6.72. The normalized spacial score (nSPS) is 29.5. The van der Waals surface area contributed by atoms with Crippen molar-refractivity contribution in [2.45, 2.75) is 19.4 Å². The summed E-state index contributed by atoms with van der Waals surface area (Å²) in [5.41, 5.74) is 2.82. The number of likely N-dealkylation sites (N-methyl/N-ethyl adjacent to an activating group) is 1. The van der Waals surface area contributed by atoms with Crippen molar-refractivity contribution in [1.82, 2.24) is 20.2 Å². The number of carboxylic acids is 1. The van der Waals surface area contributed by atoms with Crippen LogP contribution < -0.4 is 5.43 Å². The Morgan fingerprint density at radius 3 is 2.37 bits per heavy atom. The molecule has 0 aromatic heterocycles. The molecule has 0 saturated carbocycles. The maximum absolute atomic E-state index is 12.2. The minimum atomic E-state index is -0.918. The minimum Gasteiger partial charge on any atom is -0.480 e. The number of piperazine rings is 1. The van der Waals surface area contributed by atoms with Crippen molar-refractivity contribution in [2.24, 2.45) is 5.92 Å². The number of aliphatic carboxylic acids is 1. The van der Waals surface area contributed by atoms with E-state index in [1.807, 2.05) is 19.0 Å². The smallest absolute Gasteiger partial charge is 0.332 e. The van der Waals surface area contributed by atoms with Gasteiger partial charge in [0.2, 0.25) is 0 Å². The van der Waals surface area contributed by atoms with E-state index in [0.29, 0.717) is 6.54 Å². The van der Waals surface area contributed by atoms with E-state index in [-0.39, 0.29) is 11.9 Å². The number of hydrogen-bond acceptors (Lipinski definition) is 4. The van der Waals surface area contributed by atoms with E-state index in [1.54, 1.807) is 0 Å². The minimum absolute atomic E-state index is 0.00994. The third-order valence-electron chi connectivity index (χ3n) is 3.97. The number of carboxylic acid groups (broad SMARTS) is 1. The summed E-state index contributed by atoms with van der Waals surface area (Å²) >= 11 is 0. The van der Waals surface area contributed by atoms with Gasteiger partial charge >= 0.3 is 12.0 Å². The van der Waals surface area contributed by atoms with E-state index < -0.39 is 12.0 Å². The zero-order chi connectivity index (χ0) is 14.0. The van der Waals surface area contributed by atoms with Gasteiger partial charge in [0.25, 0.3) is 0 Å². The third kappa shape index (κ3) is 3.16. The van der Waals surface area contributed by atoms with Crippen LogP contribution in [0.1, 0.15) is 13.3 Å². The standard InChI is InChI=1S/C12H22N4O3/c1-9-3-4-16(10(9)11(17)18)12(19)13-15-7-5-14(2)6-8-15/h9-10H,3-8H2,1-2H3,(H,13,19)(H,17,18). The Bertz CT molecular complexity index is 355. The number of likely N-dealkylation sites (tertiary alicyclic amines) is 1. The largest absolute Gasteiger partial charge is 0.480 e. The van der Waals surface area contributed by atoms with Crippen molar-refractivity contribution in [3.05, 3.63) is 0 Å². The SMILES string of the molecule is CC1CCN(C(=O)NN2CCN(C)CC2)C1C(=O)O. The van der Waals surface area contributed by atoms with Crippen LogP contribution in [0.2, 0.25) is 0 Å². The Kier molecular flexibility index (Phi) is 4.26. The summed E-state index contributed by atoms with van der Waals surface area (Å²) < 4.78 is 0. The van der Waals surface area contributed by atoms with Crippen molar-refractivity contribution < 1.29 is 14.7 Å². The van der Waals surface area contributed by atoms with Gasteiger partial charge < -0.3 is 14.9 Å². The first kappa shape index (κ1) is 14.1. The molecule has 2 aliphatic rings. The average molecular weight is 270 g/mol. The highest BCUT2D eigenvalue weighted by Crippen LogP contribution is 2.24. The number of nitrogens with zero attached hydrogens (tertiary/aromatic N) is 3. The second-order valence-electron chi connectivity index (χ2n) is 5.45. The number of carbonyl (C=O) groups excluding carboxylic acids is 1. The Morgan fingerprint density at radius 2 is 1.79 bits per heavy atom. The summed E-state index contributed by atoms with van der Waals surface area (Å²) in [6.07, 6.45) is 0.743. The number of hydrazine groups is 1. The second-order valence-corrected chi connectivity index (χ2v) is 5.45. The Morgan fingerprint density at radius 1 is 1.16 bits per heavy atom. The predicted octanol–water partition coefficient (Wildman–Crippen LogP) is -0.347. The summed E-state index contributed by atoms with van der Waals surface area (Å²) in [6.45, 7) is 5.73. The third-order valence-corrected chi connectivity index (χ3v) is 3.97. The zero-order valence-corrected chi connectivity index (χ0v) is 11.5. The molecule has 2 aliphatic heterocycles. The highest BCUT2D eigenvalue weighted by atomic mass is 16.4. The molecule has 2 unspecified atom stereocenters. The Hall–Kier alpha value is -1.34. The summed E-state index contributed by atoms with van der Waals surface area (Å²) in [5, 5.41) is 11.1. The van der Waals surface area contributed by atoms with Crippen LogP contribution >= 0.6 is 0 Å². The molecule has 0 spiro atoms. The highest BCUT2D eigenvalue weighted by molar-refractivity contribution is 5.83. The molecule has 0 radical (unpaired) electrons. The van der Waals surface area contributed by atoms with Gasteiger partial charge in [0, 0.05) is 32.7 Å². The lowest BCUT2D eigenvalue weighted by Gasteiger charge is -2.34. The van der Waals surface area contributed by atoms with Gasteiger partial charge in [-0.3, -0.25) is 5.43 Å². The van der Waals surface area contributed by atoms with E-state index in [2.05, 4.69) is 10.3 Å². The number of rotatable bonds is 2. The number of urea groups is 1. The molecule has 2 rings (SSSR count). The number of nitrogens with one attached hydrogen (secondary N) is 1. The molecule has 2 heterocycles. The lowest BCUT2D eigenvalue weighted by Crippen LogP contribution is -2.57. The average Bonchev–Trinajstić information content (AvgIpc) is 2.74. The van der Waals surface area contributed by atoms with E-state index in [1.165, 1.54) is 4.90 Å². The van der Waals surface area contributed by atoms with Gasteiger partial charge in [0.15, 0.2) is 0 Å². The zero-order valence-electron chi connectivity index (χ0n) is 11.5. The van der Waals surface area contributed by atoms with Crippen molar-refractivity contribution >= 4 is 12.0 Å². The van der Waals surface area contributed by atoms with Crippen LogP contribution in [0, 0.1) is 5.92 Å². The van der Waals surface area contributed by atoms with E-state index in [0.717, 1.165) is 32.6 Å². The fourth-order valence-electron chi connectivity index (χ4n) is 2.67. The first-order chi connectivity index (χ1) is 8.99. The number of amides is 2. The topological polar surface area (TPSA) is 76.1 Å². The second kappa shape index (κ2) is 5.75. The van der Waals surface area contributed by atoms with Crippen LogP contribution in [0.3, 0.4) is 0 Å². The molecule has 2 saturated heterocycles. The van der Waals surface area contributed by atoms with Crippen molar-refractivity contribution in [3.63, 3.8) is 0 Å². The molecule has 2 amide bonds. The maximum Gasteiger partial charge on any atom is 0.332 e. The van der Waals surface area contributed by atoms with Crippen LogP contribution in [-0.4, -0.2) is 77.7 Å². The van der Waals surface area contributed by atoms with Gasteiger partial charge in [-0.2, -0.15) is 0 Å². The summed E-state index contributed by atoms with van der Waals surface area (Å²) in [4.78, 5) is 27.0. The van der Waals surface area contributed by atoms with Crippen molar-refractivity contribution in [3.8, 4) is 0 Å². The first-order valence-corrected chi connectivity index (χ1v) is 6.72. The van der Waals surface area contributed by atoms with Crippen LogP contribution in [0.25, 0.3) is 0 Å². The van der Waals surface area contributed by atoms with Crippen molar-refractivity contribution in [1.29, 1.82) is 0 Å². The molecule has 0 bridgehead atoms. The highest BCUT2D eigenvalue weighted by Gasteiger charge is 2.40. The number of carbonyl (C=O) groups is 2. The monoisotopic (exact) mass is 270 g/mol. The molecule has 2 atom stereocenters. The van der Waals surface area contributed by atoms with Gasteiger partial charge in [-0.05, 0) is 19.4 Å². The van der Waals surface area contributed by atoms with Crippen LogP contribution in [-0.2, 0) is 4.79 Å².